The molecule has 0 amide bonds. The van der Waals surface area contributed by atoms with Gasteiger partial charge in [0.2, 0.25) is 0 Å². The summed E-state index contributed by atoms with van der Waals surface area (Å²) >= 11 is 1.99. The van der Waals surface area contributed by atoms with Crippen molar-refractivity contribution in [2.45, 2.75) is 24.5 Å². The first-order valence-electron chi connectivity index (χ1n) is 7.00. The summed E-state index contributed by atoms with van der Waals surface area (Å²) in [6, 6.07) is 12.7. The zero-order chi connectivity index (χ0) is 13.1. The van der Waals surface area contributed by atoms with Crippen molar-refractivity contribution in [2.24, 2.45) is 0 Å². The molecule has 1 aliphatic heterocycles. The topological polar surface area (TPSA) is 16.1 Å². The molecule has 1 unspecified atom stereocenters. The van der Waals surface area contributed by atoms with Crippen molar-refractivity contribution < 1.29 is 0 Å². The second-order valence-corrected chi connectivity index (χ2v) is 6.30. The molecule has 100 valence electrons. The minimum atomic E-state index is 0.746. The molecule has 1 aromatic carbocycles. The monoisotopic (exact) mass is 272 g/mol. The summed E-state index contributed by atoms with van der Waals surface area (Å²) in [6.45, 7) is 2.27. The maximum atomic E-state index is 4.83. The summed E-state index contributed by atoms with van der Waals surface area (Å²) in [5.41, 5.74) is 1.10. The summed E-state index contributed by atoms with van der Waals surface area (Å²) in [7, 11) is 0. The number of rotatable bonds is 2. The van der Waals surface area contributed by atoms with Crippen LogP contribution in [-0.4, -0.2) is 29.6 Å². The van der Waals surface area contributed by atoms with E-state index in [0.717, 1.165) is 29.7 Å². The molecule has 0 bridgehead atoms. The van der Waals surface area contributed by atoms with Crippen molar-refractivity contribution in [3.8, 4) is 0 Å². The molecule has 0 N–H and O–H groups in total. The number of pyridine rings is 1. The summed E-state index contributed by atoms with van der Waals surface area (Å²) < 4.78 is 0. The van der Waals surface area contributed by atoms with Crippen LogP contribution in [0.2, 0.25) is 0 Å². The zero-order valence-electron chi connectivity index (χ0n) is 11.4. The highest BCUT2D eigenvalue weighted by molar-refractivity contribution is 7.99. The molecule has 0 radical (unpaired) electrons. The van der Waals surface area contributed by atoms with E-state index in [4.69, 9.17) is 4.98 Å². The summed E-state index contributed by atoms with van der Waals surface area (Å²) in [6.07, 6.45) is 6.19. The van der Waals surface area contributed by atoms with Gasteiger partial charge in [-0.25, -0.2) is 4.98 Å². The molecule has 1 atom stereocenters. The van der Waals surface area contributed by atoms with Crippen molar-refractivity contribution >= 4 is 28.5 Å². The van der Waals surface area contributed by atoms with Crippen molar-refractivity contribution in [1.29, 1.82) is 0 Å². The summed E-state index contributed by atoms with van der Waals surface area (Å²) in [4.78, 5) is 7.28. The lowest BCUT2D eigenvalue weighted by Crippen LogP contribution is -2.30. The van der Waals surface area contributed by atoms with Crippen LogP contribution in [-0.2, 0) is 0 Å². The van der Waals surface area contributed by atoms with Crippen LogP contribution >= 0.6 is 11.8 Å². The molecule has 3 rings (SSSR count). The Kier molecular flexibility index (Phi) is 3.92. The number of nitrogens with zero attached hydrogens (tertiary/aromatic N) is 2. The first-order valence-corrected chi connectivity index (χ1v) is 8.29. The van der Waals surface area contributed by atoms with E-state index in [9.17, 15) is 0 Å². The van der Waals surface area contributed by atoms with Crippen LogP contribution in [0.4, 0.5) is 5.82 Å². The van der Waals surface area contributed by atoms with E-state index in [1.807, 2.05) is 11.8 Å². The lowest BCUT2D eigenvalue weighted by atomic mass is 10.2. The predicted molar refractivity (Wildman–Crippen MR) is 85.1 cm³/mol. The average molecular weight is 272 g/mol. The van der Waals surface area contributed by atoms with Gasteiger partial charge < -0.3 is 4.90 Å². The van der Waals surface area contributed by atoms with Gasteiger partial charge in [-0.1, -0.05) is 24.6 Å². The van der Waals surface area contributed by atoms with Crippen molar-refractivity contribution in [3.05, 3.63) is 36.4 Å². The van der Waals surface area contributed by atoms with Gasteiger partial charge in [0.25, 0.3) is 0 Å². The number of fused-ring (bicyclic) bond motifs is 1. The number of benzene rings is 1. The number of para-hydroxylation sites is 1. The Bertz CT molecular complexity index is 555. The highest BCUT2D eigenvalue weighted by Crippen LogP contribution is 2.25. The van der Waals surface area contributed by atoms with Crippen molar-refractivity contribution in [1.82, 2.24) is 4.98 Å². The predicted octanol–water partition coefficient (Wildman–Crippen LogP) is 3.96. The molecule has 1 fully saturated rings. The second-order valence-electron chi connectivity index (χ2n) is 5.16. The molecule has 2 nitrogen and oxygen atoms in total. The van der Waals surface area contributed by atoms with Gasteiger partial charge in [-0.3, -0.25) is 0 Å². The quantitative estimate of drug-likeness (QED) is 0.823. The Balaban J connectivity index is 1.89. The molecule has 0 aliphatic carbocycles. The van der Waals surface area contributed by atoms with Crippen LogP contribution < -0.4 is 4.90 Å². The number of anilines is 1. The third-order valence-electron chi connectivity index (χ3n) is 3.87. The SMILES string of the molecule is CSC1CCCCN(c2ccc3ccccc3n2)C1. The van der Waals surface area contributed by atoms with Gasteiger partial charge in [0, 0.05) is 23.7 Å². The second kappa shape index (κ2) is 5.83. The van der Waals surface area contributed by atoms with Crippen LogP contribution in [0.1, 0.15) is 19.3 Å². The molecule has 1 aliphatic rings. The fourth-order valence-electron chi connectivity index (χ4n) is 2.73. The van der Waals surface area contributed by atoms with Crippen molar-refractivity contribution in [2.75, 3.05) is 24.2 Å². The average Bonchev–Trinajstić information content (AvgIpc) is 2.72. The van der Waals surface area contributed by atoms with E-state index in [1.54, 1.807) is 0 Å². The first-order chi connectivity index (χ1) is 9.36. The lowest BCUT2D eigenvalue weighted by Gasteiger charge is -2.24. The molecule has 19 heavy (non-hydrogen) atoms. The van der Waals surface area contributed by atoms with E-state index in [1.165, 1.54) is 24.6 Å². The highest BCUT2D eigenvalue weighted by Gasteiger charge is 2.18. The maximum absolute atomic E-state index is 4.83. The van der Waals surface area contributed by atoms with Crippen LogP contribution in [0, 0.1) is 0 Å². The molecule has 1 aromatic heterocycles. The van der Waals surface area contributed by atoms with Gasteiger partial charge in [-0.2, -0.15) is 11.8 Å². The lowest BCUT2D eigenvalue weighted by molar-refractivity contribution is 0.736. The molecule has 2 heterocycles. The van der Waals surface area contributed by atoms with Crippen LogP contribution in [0.25, 0.3) is 10.9 Å². The minimum absolute atomic E-state index is 0.746. The summed E-state index contributed by atoms with van der Waals surface area (Å²) in [5, 5.41) is 1.97. The Hall–Kier alpha value is -1.22. The highest BCUT2D eigenvalue weighted by atomic mass is 32.2. The van der Waals surface area contributed by atoms with E-state index >= 15 is 0 Å². The normalized spacial score (nSPS) is 20.5. The molecule has 1 saturated heterocycles. The standard InChI is InChI=1S/C16H20N2S/c1-19-14-7-4-5-11-18(12-14)16-10-9-13-6-2-3-8-15(13)17-16/h2-3,6,8-10,14H,4-5,7,11-12H2,1H3. The van der Waals surface area contributed by atoms with Crippen LogP contribution in [0.3, 0.4) is 0 Å². The number of hydrogen-bond acceptors (Lipinski definition) is 3. The largest absolute Gasteiger partial charge is 0.355 e. The van der Waals surface area contributed by atoms with Gasteiger partial charge >= 0.3 is 0 Å². The third kappa shape index (κ3) is 2.86. The number of thioether (sulfide) groups is 1. The Morgan fingerprint density at radius 3 is 2.95 bits per heavy atom. The van der Waals surface area contributed by atoms with E-state index in [-0.39, 0.29) is 0 Å². The Morgan fingerprint density at radius 1 is 1.16 bits per heavy atom. The molecule has 0 spiro atoms. The summed E-state index contributed by atoms with van der Waals surface area (Å²) in [5.74, 6) is 1.14. The van der Waals surface area contributed by atoms with Crippen LogP contribution in [0.5, 0.6) is 0 Å². The maximum Gasteiger partial charge on any atom is 0.129 e. The van der Waals surface area contributed by atoms with Gasteiger partial charge in [-0.15, -0.1) is 0 Å². The van der Waals surface area contributed by atoms with E-state index < -0.39 is 0 Å². The minimum Gasteiger partial charge on any atom is -0.355 e. The van der Waals surface area contributed by atoms with Gasteiger partial charge in [0.1, 0.15) is 5.82 Å². The van der Waals surface area contributed by atoms with E-state index in [2.05, 4.69) is 47.6 Å². The van der Waals surface area contributed by atoms with Crippen molar-refractivity contribution in [3.63, 3.8) is 0 Å². The Morgan fingerprint density at radius 2 is 2.05 bits per heavy atom. The molecular formula is C16H20N2S. The third-order valence-corrected chi connectivity index (χ3v) is 4.92. The van der Waals surface area contributed by atoms with Gasteiger partial charge in [0.15, 0.2) is 0 Å². The van der Waals surface area contributed by atoms with E-state index in [0.29, 0.717) is 0 Å². The molecule has 2 aromatic rings. The zero-order valence-corrected chi connectivity index (χ0v) is 12.2. The number of aromatic nitrogens is 1. The van der Waals surface area contributed by atoms with Gasteiger partial charge in [0.05, 0.1) is 5.52 Å². The van der Waals surface area contributed by atoms with Crippen LogP contribution in [0.15, 0.2) is 36.4 Å². The molecule has 3 heteroatoms. The fraction of sp³-hybridized carbons (Fsp3) is 0.438. The molecular weight excluding hydrogens is 252 g/mol. The molecule has 0 saturated carbocycles. The number of hydrogen-bond donors (Lipinski definition) is 0. The fourth-order valence-corrected chi connectivity index (χ4v) is 3.47. The smallest absolute Gasteiger partial charge is 0.129 e. The first kappa shape index (κ1) is 12.8. The Labute approximate surface area is 119 Å². The van der Waals surface area contributed by atoms with Gasteiger partial charge in [-0.05, 0) is 37.3 Å².